The lowest BCUT2D eigenvalue weighted by molar-refractivity contribution is 0.161. The van der Waals surface area contributed by atoms with Gasteiger partial charge in [-0.15, -0.1) is 0 Å². The average molecular weight is 260 g/mol. The minimum atomic E-state index is 0.507. The summed E-state index contributed by atoms with van der Waals surface area (Å²) in [6.07, 6.45) is 3.85. The van der Waals surface area contributed by atoms with Crippen LogP contribution >= 0.6 is 0 Å². The van der Waals surface area contributed by atoms with Crippen LogP contribution in [-0.4, -0.2) is 36.5 Å². The van der Waals surface area contributed by atoms with Crippen molar-refractivity contribution in [2.24, 2.45) is 10.7 Å². The quantitative estimate of drug-likeness (QED) is 0.645. The Morgan fingerprint density at radius 3 is 2.89 bits per heavy atom. The number of benzene rings is 1. The molecule has 1 aliphatic heterocycles. The predicted octanol–water partition coefficient (Wildman–Crippen LogP) is 2.29. The molecule has 0 aromatic heterocycles. The molecule has 0 aliphatic carbocycles. The molecule has 19 heavy (non-hydrogen) atoms. The highest BCUT2D eigenvalue weighted by atomic mass is 15.2. The number of likely N-dealkylation sites (tertiary alicyclic amines) is 1. The van der Waals surface area contributed by atoms with E-state index in [0.717, 1.165) is 18.8 Å². The molecule has 1 fully saturated rings. The molecule has 3 N–H and O–H groups in total. The summed E-state index contributed by atoms with van der Waals surface area (Å²) in [5.74, 6) is 0.507. The van der Waals surface area contributed by atoms with E-state index in [-0.39, 0.29) is 0 Å². The lowest BCUT2D eigenvalue weighted by atomic mass is 10.0. The van der Waals surface area contributed by atoms with Gasteiger partial charge in [-0.1, -0.05) is 31.5 Å². The smallest absolute Gasteiger partial charge is 0.193 e. The molecule has 1 aliphatic rings. The van der Waals surface area contributed by atoms with E-state index in [4.69, 9.17) is 5.73 Å². The Kier molecular flexibility index (Phi) is 5.21. The van der Waals surface area contributed by atoms with Gasteiger partial charge in [-0.2, -0.15) is 0 Å². The van der Waals surface area contributed by atoms with E-state index in [1.807, 2.05) is 30.3 Å². The molecule has 1 aromatic rings. The first-order chi connectivity index (χ1) is 9.29. The normalized spacial score (nSPS) is 21.3. The molecule has 1 atom stereocenters. The zero-order valence-electron chi connectivity index (χ0n) is 11.7. The Labute approximate surface area is 115 Å². The maximum atomic E-state index is 5.93. The molecule has 4 nitrogen and oxygen atoms in total. The molecule has 1 saturated heterocycles. The van der Waals surface area contributed by atoms with Gasteiger partial charge in [0.2, 0.25) is 0 Å². The summed E-state index contributed by atoms with van der Waals surface area (Å²) in [4.78, 5) is 6.99. The van der Waals surface area contributed by atoms with Crippen molar-refractivity contribution in [3.63, 3.8) is 0 Å². The Bertz CT molecular complexity index is 402. The largest absolute Gasteiger partial charge is 0.370 e. The van der Waals surface area contributed by atoms with E-state index in [0.29, 0.717) is 12.0 Å². The van der Waals surface area contributed by atoms with Gasteiger partial charge >= 0.3 is 0 Å². The number of hydrogen-bond acceptors (Lipinski definition) is 2. The topological polar surface area (TPSA) is 53.6 Å². The minimum absolute atomic E-state index is 0.507. The standard InChI is InChI=1S/C15H24N4/c1-2-19-11-7-6-10-14(19)12-17-15(16)18-13-8-4-3-5-9-13/h3-5,8-9,14H,2,6-7,10-12H2,1H3,(H3,16,17,18). The van der Waals surface area contributed by atoms with Gasteiger partial charge in [0.15, 0.2) is 5.96 Å². The second-order valence-electron chi connectivity index (χ2n) is 5.00. The van der Waals surface area contributed by atoms with Gasteiger partial charge in [-0.25, -0.2) is 0 Å². The molecule has 0 radical (unpaired) electrons. The molecule has 0 bridgehead atoms. The third kappa shape index (κ3) is 4.24. The molecule has 2 rings (SSSR count). The van der Waals surface area contributed by atoms with Crippen LogP contribution in [0.15, 0.2) is 35.3 Å². The molecule has 0 spiro atoms. The monoisotopic (exact) mass is 260 g/mol. The van der Waals surface area contributed by atoms with Crippen molar-refractivity contribution < 1.29 is 0 Å². The van der Waals surface area contributed by atoms with Crippen LogP contribution in [-0.2, 0) is 0 Å². The molecule has 1 heterocycles. The van der Waals surface area contributed by atoms with Gasteiger partial charge in [-0.05, 0) is 38.1 Å². The van der Waals surface area contributed by atoms with Crippen LogP contribution in [0, 0.1) is 0 Å². The van der Waals surface area contributed by atoms with Crippen molar-refractivity contribution in [1.82, 2.24) is 4.90 Å². The van der Waals surface area contributed by atoms with Gasteiger partial charge in [0.25, 0.3) is 0 Å². The Balaban J connectivity index is 1.86. The molecular weight excluding hydrogens is 236 g/mol. The van der Waals surface area contributed by atoms with Gasteiger partial charge in [0.05, 0.1) is 6.54 Å². The number of rotatable bonds is 4. The highest BCUT2D eigenvalue weighted by Gasteiger charge is 2.20. The van der Waals surface area contributed by atoms with Gasteiger partial charge < -0.3 is 11.1 Å². The fourth-order valence-corrected chi connectivity index (χ4v) is 2.60. The van der Waals surface area contributed by atoms with Crippen molar-refractivity contribution in [1.29, 1.82) is 0 Å². The number of anilines is 1. The van der Waals surface area contributed by atoms with E-state index < -0.39 is 0 Å². The molecule has 104 valence electrons. The first-order valence-corrected chi connectivity index (χ1v) is 7.15. The summed E-state index contributed by atoms with van der Waals surface area (Å²) in [6.45, 7) is 5.31. The van der Waals surface area contributed by atoms with E-state index >= 15 is 0 Å². The van der Waals surface area contributed by atoms with Crippen molar-refractivity contribution in [3.8, 4) is 0 Å². The molecular formula is C15H24N4. The van der Waals surface area contributed by atoms with Crippen molar-refractivity contribution in [2.75, 3.05) is 25.0 Å². The van der Waals surface area contributed by atoms with Crippen LogP contribution in [0.3, 0.4) is 0 Å². The van der Waals surface area contributed by atoms with Crippen LogP contribution in [0.5, 0.6) is 0 Å². The van der Waals surface area contributed by atoms with Crippen LogP contribution in [0.1, 0.15) is 26.2 Å². The number of para-hydroxylation sites is 1. The zero-order chi connectivity index (χ0) is 13.5. The number of piperidine rings is 1. The van der Waals surface area contributed by atoms with E-state index in [1.54, 1.807) is 0 Å². The van der Waals surface area contributed by atoms with Crippen LogP contribution in [0.4, 0.5) is 5.69 Å². The highest BCUT2D eigenvalue weighted by molar-refractivity contribution is 5.92. The maximum Gasteiger partial charge on any atom is 0.193 e. The minimum Gasteiger partial charge on any atom is -0.370 e. The molecule has 4 heteroatoms. The second-order valence-corrected chi connectivity index (χ2v) is 5.00. The van der Waals surface area contributed by atoms with Crippen molar-refractivity contribution in [3.05, 3.63) is 30.3 Å². The van der Waals surface area contributed by atoms with E-state index in [9.17, 15) is 0 Å². The fourth-order valence-electron chi connectivity index (χ4n) is 2.60. The number of nitrogens with zero attached hydrogens (tertiary/aromatic N) is 2. The van der Waals surface area contributed by atoms with Gasteiger partial charge in [0, 0.05) is 11.7 Å². The van der Waals surface area contributed by atoms with Gasteiger partial charge in [-0.3, -0.25) is 9.89 Å². The lowest BCUT2D eigenvalue weighted by Gasteiger charge is -2.33. The summed E-state index contributed by atoms with van der Waals surface area (Å²) in [6, 6.07) is 10.5. The highest BCUT2D eigenvalue weighted by Crippen LogP contribution is 2.16. The molecule has 0 saturated carbocycles. The number of likely N-dealkylation sites (N-methyl/N-ethyl adjacent to an activating group) is 1. The third-order valence-electron chi connectivity index (χ3n) is 3.67. The van der Waals surface area contributed by atoms with Crippen molar-refractivity contribution in [2.45, 2.75) is 32.2 Å². The summed E-state index contributed by atoms with van der Waals surface area (Å²) in [5.41, 5.74) is 6.92. The van der Waals surface area contributed by atoms with Crippen LogP contribution in [0.25, 0.3) is 0 Å². The van der Waals surface area contributed by atoms with E-state index in [2.05, 4.69) is 22.1 Å². The molecule has 1 unspecified atom stereocenters. The summed E-state index contributed by atoms with van der Waals surface area (Å²) >= 11 is 0. The number of nitrogens with one attached hydrogen (secondary N) is 1. The maximum absolute atomic E-state index is 5.93. The number of hydrogen-bond donors (Lipinski definition) is 2. The summed E-state index contributed by atoms with van der Waals surface area (Å²) in [7, 11) is 0. The first-order valence-electron chi connectivity index (χ1n) is 7.15. The predicted molar refractivity (Wildman–Crippen MR) is 81.4 cm³/mol. The SMILES string of the molecule is CCN1CCCCC1CN=C(N)Nc1ccccc1. The fraction of sp³-hybridized carbons (Fsp3) is 0.533. The summed E-state index contributed by atoms with van der Waals surface area (Å²) in [5, 5.41) is 3.12. The van der Waals surface area contributed by atoms with Crippen molar-refractivity contribution >= 4 is 11.6 Å². The first kappa shape index (κ1) is 13.9. The zero-order valence-corrected chi connectivity index (χ0v) is 11.7. The molecule has 1 aromatic carbocycles. The Morgan fingerprint density at radius 2 is 2.16 bits per heavy atom. The average Bonchev–Trinajstić information content (AvgIpc) is 2.46. The number of nitrogens with two attached hydrogens (primary N) is 1. The summed E-state index contributed by atoms with van der Waals surface area (Å²) < 4.78 is 0. The molecule has 0 amide bonds. The second kappa shape index (κ2) is 7.14. The number of aliphatic imine (C=N–C) groups is 1. The Hall–Kier alpha value is -1.55. The Morgan fingerprint density at radius 1 is 1.37 bits per heavy atom. The van der Waals surface area contributed by atoms with Crippen LogP contribution < -0.4 is 11.1 Å². The lowest BCUT2D eigenvalue weighted by Crippen LogP contribution is -2.41. The third-order valence-corrected chi connectivity index (χ3v) is 3.67. The number of guanidine groups is 1. The van der Waals surface area contributed by atoms with E-state index in [1.165, 1.54) is 25.8 Å². The van der Waals surface area contributed by atoms with Crippen LogP contribution in [0.2, 0.25) is 0 Å². The van der Waals surface area contributed by atoms with Gasteiger partial charge in [0.1, 0.15) is 0 Å².